The summed E-state index contributed by atoms with van der Waals surface area (Å²) < 4.78 is 0. The molecule has 1 aromatic rings. The molecule has 6 nitrogen and oxygen atoms in total. The number of nitro groups is 1. The molecule has 2 N–H and O–H groups in total. The monoisotopic (exact) mass is 277 g/mol. The normalized spacial score (nSPS) is 12.6. The molecule has 0 saturated heterocycles. The van der Waals surface area contributed by atoms with E-state index < -0.39 is 4.92 Å². The lowest BCUT2D eigenvalue weighted by Crippen LogP contribution is -2.34. The first-order valence-electron chi connectivity index (χ1n) is 6.35. The van der Waals surface area contributed by atoms with Gasteiger partial charge in [-0.05, 0) is 24.0 Å². The molecule has 0 spiro atoms. The van der Waals surface area contributed by atoms with Crippen molar-refractivity contribution in [3.63, 3.8) is 0 Å². The number of rotatable bonds is 5. The van der Waals surface area contributed by atoms with Crippen molar-refractivity contribution in [3.8, 4) is 6.07 Å². The van der Waals surface area contributed by atoms with Gasteiger partial charge in [-0.3, -0.25) is 10.1 Å². The average molecular weight is 277 g/mol. The lowest BCUT2D eigenvalue weighted by molar-refractivity contribution is -0.385. The van der Waals surface area contributed by atoms with Crippen molar-refractivity contribution in [2.24, 2.45) is 5.41 Å². The molecular weight excluding hydrogens is 258 g/mol. The summed E-state index contributed by atoms with van der Waals surface area (Å²) in [6.07, 6.45) is 0.539. The van der Waals surface area contributed by atoms with Crippen LogP contribution in [-0.2, 0) is 0 Å². The van der Waals surface area contributed by atoms with Crippen LogP contribution in [0, 0.1) is 26.9 Å². The highest BCUT2D eigenvalue weighted by atomic mass is 16.6. The molecule has 0 fully saturated rings. The zero-order valence-corrected chi connectivity index (χ0v) is 11.9. The molecule has 0 heterocycles. The number of nitro benzene ring substituents is 1. The van der Waals surface area contributed by atoms with Crippen molar-refractivity contribution in [3.05, 3.63) is 33.9 Å². The van der Waals surface area contributed by atoms with Crippen LogP contribution >= 0.6 is 0 Å². The number of hydrogen-bond acceptors (Lipinski definition) is 5. The van der Waals surface area contributed by atoms with E-state index in [1.807, 2.05) is 20.8 Å². The van der Waals surface area contributed by atoms with E-state index in [0.717, 1.165) is 0 Å². The van der Waals surface area contributed by atoms with E-state index in [4.69, 9.17) is 10.4 Å². The van der Waals surface area contributed by atoms with Gasteiger partial charge in [0.15, 0.2) is 0 Å². The van der Waals surface area contributed by atoms with Crippen molar-refractivity contribution in [2.45, 2.75) is 33.2 Å². The lowest BCUT2D eigenvalue weighted by atomic mass is 9.84. The van der Waals surface area contributed by atoms with E-state index in [1.54, 1.807) is 12.1 Å². The molecule has 0 radical (unpaired) electrons. The Kier molecular flexibility index (Phi) is 5.06. The first kappa shape index (κ1) is 15.9. The van der Waals surface area contributed by atoms with Crippen LogP contribution in [0.15, 0.2) is 18.2 Å². The van der Waals surface area contributed by atoms with E-state index in [-0.39, 0.29) is 29.3 Å². The zero-order chi connectivity index (χ0) is 15.3. The van der Waals surface area contributed by atoms with Crippen molar-refractivity contribution in [1.29, 1.82) is 5.26 Å². The van der Waals surface area contributed by atoms with Crippen molar-refractivity contribution >= 4 is 11.4 Å². The molecule has 6 heteroatoms. The number of anilines is 1. The first-order valence-corrected chi connectivity index (χ1v) is 6.35. The molecule has 0 aliphatic heterocycles. The summed E-state index contributed by atoms with van der Waals surface area (Å²) >= 11 is 0. The van der Waals surface area contributed by atoms with E-state index in [0.29, 0.717) is 12.1 Å². The molecule has 108 valence electrons. The fourth-order valence-corrected chi connectivity index (χ4v) is 1.92. The number of nitrogens with zero attached hydrogens (tertiary/aromatic N) is 2. The Balaban J connectivity index is 3.06. The molecule has 0 saturated carbocycles. The van der Waals surface area contributed by atoms with Gasteiger partial charge >= 0.3 is 0 Å². The van der Waals surface area contributed by atoms with Gasteiger partial charge in [-0.25, -0.2) is 0 Å². The number of hydrogen-bond donors (Lipinski definition) is 2. The number of aliphatic hydroxyl groups excluding tert-OH is 1. The van der Waals surface area contributed by atoms with E-state index in [1.165, 1.54) is 12.1 Å². The second-order valence-corrected chi connectivity index (χ2v) is 5.68. The summed E-state index contributed by atoms with van der Waals surface area (Å²) in [5.41, 5.74) is 0.291. The molecule has 1 atom stereocenters. The van der Waals surface area contributed by atoms with Crippen LogP contribution in [0.1, 0.15) is 32.8 Å². The Morgan fingerprint density at radius 1 is 1.50 bits per heavy atom. The first-order chi connectivity index (χ1) is 9.29. The van der Waals surface area contributed by atoms with Crippen LogP contribution in [0.3, 0.4) is 0 Å². The Hall–Kier alpha value is -2.13. The van der Waals surface area contributed by atoms with Gasteiger partial charge in [-0.15, -0.1) is 0 Å². The topological polar surface area (TPSA) is 99.2 Å². The third-order valence-electron chi connectivity index (χ3n) is 3.12. The van der Waals surface area contributed by atoms with Gasteiger partial charge in [0.2, 0.25) is 0 Å². The minimum atomic E-state index is -0.568. The molecule has 0 aliphatic rings. The second-order valence-electron chi connectivity index (χ2n) is 5.68. The number of benzene rings is 1. The highest BCUT2D eigenvalue weighted by Gasteiger charge is 2.25. The van der Waals surface area contributed by atoms with Crippen LogP contribution < -0.4 is 5.32 Å². The largest absolute Gasteiger partial charge is 0.396 e. The highest BCUT2D eigenvalue weighted by molar-refractivity contribution is 5.59. The second kappa shape index (κ2) is 6.35. The van der Waals surface area contributed by atoms with Crippen molar-refractivity contribution in [2.75, 3.05) is 11.9 Å². The summed E-state index contributed by atoms with van der Waals surface area (Å²) in [6.45, 7) is 6.11. The summed E-state index contributed by atoms with van der Waals surface area (Å²) in [5.74, 6) is 0. The third-order valence-corrected chi connectivity index (χ3v) is 3.12. The summed E-state index contributed by atoms with van der Waals surface area (Å²) in [5, 5.41) is 32.1. The quantitative estimate of drug-likeness (QED) is 0.636. The minimum Gasteiger partial charge on any atom is -0.396 e. The number of nitriles is 1. The molecule has 0 amide bonds. The Bertz CT molecular complexity index is 529. The van der Waals surface area contributed by atoms with Crippen LogP contribution in [0.2, 0.25) is 0 Å². The molecule has 0 aliphatic carbocycles. The van der Waals surface area contributed by atoms with Gasteiger partial charge in [-0.2, -0.15) is 5.26 Å². The Morgan fingerprint density at radius 2 is 2.15 bits per heavy atom. The maximum absolute atomic E-state index is 10.9. The van der Waals surface area contributed by atoms with Gasteiger partial charge in [0.05, 0.1) is 4.92 Å². The Labute approximate surface area is 118 Å². The summed E-state index contributed by atoms with van der Waals surface area (Å²) in [4.78, 5) is 10.4. The summed E-state index contributed by atoms with van der Waals surface area (Å²) in [7, 11) is 0. The molecular formula is C14H19N3O3. The SMILES string of the molecule is CC(C)(C)C(CCO)Nc1ccc(C#N)c([N+](=O)[O-])c1. The number of aliphatic hydroxyl groups is 1. The maximum atomic E-state index is 10.9. The van der Waals surface area contributed by atoms with Gasteiger partial charge in [0, 0.05) is 24.4 Å². The fourth-order valence-electron chi connectivity index (χ4n) is 1.92. The summed E-state index contributed by atoms with van der Waals surface area (Å²) in [6, 6.07) is 6.20. The standard InChI is InChI=1S/C14H19N3O3/c1-14(2,3)13(6-7-18)16-11-5-4-10(9-15)12(8-11)17(19)20/h4-5,8,13,16,18H,6-7H2,1-3H3. The minimum absolute atomic E-state index is 0.0277. The predicted molar refractivity (Wildman–Crippen MR) is 76.4 cm³/mol. The van der Waals surface area contributed by atoms with Gasteiger partial charge < -0.3 is 10.4 Å². The Morgan fingerprint density at radius 3 is 2.60 bits per heavy atom. The average Bonchev–Trinajstić information content (AvgIpc) is 2.37. The highest BCUT2D eigenvalue weighted by Crippen LogP contribution is 2.28. The van der Waals surface area contributed by atoms with E-state index in [9.17, 15) is 10.1 Å². The molecule has 1 unspecified atom stereocenters. The van der Waals surface area contributed by atoms with Crippen LogP contribution in [-0.4, -0.2) is 22.7 Å². The van der Waals surface area contributed by atoms with Crippen molar-refractivity contribution in [1.82, 2.24) is 0 Å². The smallest absolute Gasteiger partial charge is 0.289 e. The van der Waals surface area contributed by atoms with Gasteiger partial charge in [0.25, 0.3) is 5.69 Å². The lowest BCUT2D eigenvalue weighted by Gasteiger charge is -2.32. The maximum Gasteiger partial charge on any atom is 0.289 e. The fraction of sp³-hybridized carbons (Fsp3) is 0.500. The van der Waals surface area contributed by atoms with E-state index in [2.05, 4.69) is 5.32 Å². The van der Waals surface area contributed by atoms with E-state index >= 15 is 0 Å². The van der Waals surface area contributed by atoms with Gasteiger partial charge in [0.1, 0.15) is 11.6 Å². The van der Waals surface area contributed by atoms with Crippen LogP contribution in [0.4, 0.5) is 11.4 Å². The molecule has 0 aromatic heterocycles. The molecule has 0 bridgehead atoms. The third kappa shape index (κ3) is 3.93. The zero-order valence-electron chi connectivity index (χ0n) is 11.9. The van der Waals surface area contributed by atoms with Gasteiger partial charge in [-0.1, -0.05) is 20.8 Å². The van der Waals surface area contributed by atoms with Crippen LogP contribution in [0.25, 0.3) is 0 Å². The predicted octanol–water partition coefficient (Wildman–Crippen LogP) is 2.68. The number of nitrogens with one attached hydrogen (secondary N) is 1. The molecule has 1 rings (SSSR count). The molecule has 1 aromatic carbocycles. The molecule has 20 heavy (non-hydrogen) atoms. The van der Waals surface area contributed by atoms with Crippen molar-refractivity contribution < 1.29 is 10.0 Å². The van der Waals surface area contributed by atoms with Crippen LogP contribution in [0.5, 0.6) is 0 Å².